The average Bonchev–Trinajstić information content (AvgIpc) is 2.93. The maximum atomic E-state index is 12.8. The molecule has 116 valence electrons. The fourth-order valence-electron chi connectivity index (χ4n) is 2.98. The molecule has 2 N–H and O–H groups in total. The van der Waals surface area contributed by atoms with Crippen LogP contribution >= 0.6 is 11.3 Å². The number of carbonyl (C=O) groups is 1. The number of thiazole rings is 1. The van der Waals surface area contributed by atoms with E-state index in [1.54, 1.807) is 11.3 Å². The number of amides is 1. The summed E-state index contributed by atoms with van der Waals surface area (Å²) in [7, 11) is 0. The first-order valence-electron chi connectivity index (χ1n) is 7.63. The Balaban J connectivity index is 1.84. The molecule has 1 aliphatic rings. The van der Waals surface area contributed by atoms with Crippen molar-refractivity contribution in [3.8, 4) is 11.3 Å². The third-order valence-corrected chi connectivity index (χ3v) is 4.98. The Morgan fingerprint density at radius 2 is 2.27 bits per heavy atom. The van der Waals surface area contributed by atoms with Gasteiger partial charge in [-0.15, -0.1) is 11.3 Å². The lowest BCUT2D eigenvalue weighted by Crippen LogP contribution is -2.48. The minimum Gasteiger partial charge on any atom is -0.336 e. The molecule has 2 aromatic rings. The van der Waals surface area contributed by atoms with E-state index in [0.717, 1.165) is 41.2 Å². The van der Waals surface area contributed by atoms with Crippen molar-refractivity contribution in [2.24, 2.45) is 5.73 Å². The van der Waals surface area contributed by atoms with Crippen LogP contribution in [0.4, 0.5) is 0 Å². The largest absolute Gasteiger partial charge is 0.336 e. The lowest BCUT2D eigenvalue weighted by Gasteiger charge is -2.36. The van der Waals surface area contributed by atoms with E-state index >= 15 is 0 Å². The monoisotopic (exact) mass is 315 g/mol. The first kappa shape index (κ1) is 15.2. The lowest BCUT2D eigenvalue weighted by atomic mass is 9.97. The van der Waals surface area contributed by atoms with Crippen LogP contribution in [0, 0.1) is 6.92 Å². The fraction of sp³-hybridized carbons (Fsp3) is 0.412. The molecule has 1 aromatic carbocycles. The number of piperidine rings is 1. The molecule has 0 saturated carbocycles. The molecule has 1 aliphatic heterocycles. The second kappa shape index (κ2) is 6.18. The number of hydrogen-bond acceptors (Lipinski definition) is 4. The van der Waals surface area contributed by atoms with Gasteiger partial charge in [0.25, 0.3) is 5.91 Å². The lowest BCUT2D eigenvalue weighted by molar-refractivity contribution is 0.0619. The number of carbonyl (C=O) groups excluding carboxylic acids is 1. The number of nitrogens with two attached hydrogens (primary N) is 1. The molecule has 3 rings (SSSR count). The van der Waals surface area contributed by atoms with Gasteiger partial charge < -0.3 is 10.6 Å². The normalized spacial score (nSPS) is 21.9. The summed E-state index contributed by atoms with van der Waals surface area (Å²) in [5.74, 6) is 0.0909. The fourth-order valence-corrected chi connectivity index (χ4v) is 3.61. The van der Waals surface area contributed by atoms with Gasteiger partial charge in [-0.1, -0.05) is 12.1 Å². The zero-order chi connectivity index (χ0) is 15.7. The molecule has 5 heteroatoms. The van der Waals surface area contributed by atoms with Crippen molar-refractivity contribution < 1.29 is 4.79 Å². The number of benzene rings is 1. The maximum Gasteiger partial charge on any atom is 0.254 e. The highest BCUT2D eigenvalue weighted by molar-refractivity contribution is 7.09. The molecular weight excluding hydrogens is 294 g/mol. The molecule has 4 nitrogen and oxygen atoms in total. The van der Waals surface area contributed by atoms with Gasteiger partial charge >= 0.3 is 0 Å². The standard InChI is InChI=1S/C17H21N3OS/c1-11-8-15(18)6-7-20(11)17(21)14-5-3-4-13(9-14)16-10-22-12(2)19-16/h3-5,9-11,15H,6-8,18H2,1-2H3/t11-,15-/m0/s1. The first-order valence-corrected chi connectivity index (χ1v) is 8.51. The van der Waals surface area contributed by atoms with E-state index in [0.29, 0.717) is 0 Å². The van der Waals surface area contributed by atoms with Crippen LogP contribution in [0.25, 0.3) is 11.3 Å². The molecule has 2 heterocycles. The van der Waals surface area contributed by atoms with E-state index in [1.807, 2.05) is 41.5 Å². The van der Waals surface area contributed by atoms with E-state index < -0.39 is 0 Å². The Kier molecular flexibility index (Phi) is 4.27. The molecule has 0 spiro atoms. The molecule has 0 aliphatic carbocycles. The average molecular weight is 315 g/mol. The molecule has 0 bridgehead atoms. The summed E-state index contributed by atoms with van der Waals surface area (Å²) < 4.78 is 0. The van der Waals surface area contributed by atoms with Gasteiger partial charge in [-0.05, 0) is 38.8 Å². The van der Waals surface area contributed by atoms with Crippen molar-refractivity contribution in [3.05, 3.63) is 40.2 Å². The van der Waals surface area contributed by atoms with Crippen LogP contribution in [0.3, 0.4) is 0 Å². The number of aryl methyl sites for hydroxylation is 1. The van der Waals surface area contributed by atoms with Crippen molar-refractivity contribution in [1.29, 1.82) is 0 Å². The van der Waals surface area contributed by atoms with E-state index in [-0.39, 0.29) is 18.0 Å². The number of likely N-dealkylation sites (tertiary alicyclic amines) is 1. The topological polar surface area (TPSA) is 59.2 Å². The van der Waals surface area contributed by atoms with Crippen LogP contribution in [0.5, 0.6) is 0 Å². The second-order valence-electron chi connectivity index (χ2n) is 5.96. The minimum absolute atomic E-state index is 0.0909. The van der Waals surface area contributed by atoms with Gasteiger partial charge in [0.2, 0.25) is 0 Å². The van der Waals surface area contributed by atoms with Crippen molar-refractivity contribution >= 4 is 17.2 Å². The summed E-state index contributed by atoms with van der Waals surface area (Å²) in [6, 6.07) is 8.16. The predicted molar refractivity (Wildman–Crippen MR) is 90.0 cm³/mol. The zero-order valence-electron chi connectivity index (χ0n) is 13.0. The van der Waals surface area contributed by atoms with Gasteiger partial charge in [-0.3, -0.25) is 4.79 Å². The Labute approximate surface area is 135 Å². The van der Waals surface area contributed by atoms with E-state index in [1.165, 1.54) is 0 Å². The Morgan fingerprint density at radius 3 is 2.95 bits per heavy atom. The van der Waals surface area contributed by atoms with E-state index in [2.05, 4.69) is 11.9 Å². The Hall–Kier alpha value is -1.72. The van der Waals surface area contributed by atoms with Crippen LogP contribution in [0.15, 0.2) is 29.6 Å². The van der Waals surface area contributed by atoms with Gasteiger partial charge in [-0.2, -0.15) is 0 Å². The second-order valence-corrected chi connectivity index (χ2v) is 7.03. The molecule has 1 fully saturated rings. The number of nitrogens with zero attached hydrogens (tertiary/aromatic N) is 2. The van der Waals surface area contributed by atoms with E-state index in [9.17, 15) is 4.79 Å². The summed E-state index contributed by atoms with van der Waals surface area (Å²) in [6.45, 7) is 4.80. The predicted octanol–water partition coefficient (Wildman–Crippen LogP) is 3.07. The van der Waals surface area contributed by atoms with Crippen LogP contribution in [-0.4, -0.2) is 34.4 Å². The molecule has 1 saturated heterocycles. The smallest absolute Gasteiger partial charge is 0.254 e. The van der Waals surface area contributed by atoms with Crippen molar-refractivity contribution in [2.75, 3.05) is 6.54 Å². The highest BCUT2D eigenvalue weighted by atomic mass is 32.1. The number of rotatable bonds is 2. The summed E-state index contributed by atoms with van der Waals surface area (Å²) in [5, 5.41) is 3.06. The van der Waals surface area contributed by atoms with E-state index in [4.69, 9.17) is 5.73 Å². The number of hydrogen-bond donors (Lipinski definition) is 1. The minimum atomic E-state index is 0.0909. The highest BCUT2D eigenvalue weighted by Gasteiger charge is 2.27. The van der Waals surface area contributed by atoms with Crippen molar-refractivity contribution in [2.45, 2.75) is 38.8 Å². The van der Waals surface area contributed by atoms with Crippen LogP contribution in [0.2, 0.25) is 0 Å². The SMILES string of the molecule is Cc1nc(-c2cccc(C(=O)N3CC[C@H](N)C[C@@H]3C)c2)cs1. The Bertz CT molecular complexity index is 682. The molecule has 2 atom stereocenters. The van der Waals surface area contributed by atoms with Gasteiger partial charge in [0.1, 0.15) is 0 Å². The number of aromatic nitrogens is 1. The van der Waals surface area contributed by atoms with Gasteiger partial charge in [-0.25, -0.2) is 4.98 Å². The Morgan fingerprint density at radius 1 is 1.45 bits per heavy atom. The maximum absolute atomic E-state index is 12.8. The van der Waals surface area contributed by atoms with Crippen molar-refractivity contribution in [3.63, 3.8) is 0 Å². The van der Waals surface area contributed by atoms with Crippen LogP contribution in [-0.2, 0) is 0 Å². The summed E-state index contributed by atoms with van der Waals surface area (Å²) in [4.78, 5) is 19.2. The summed E-state index contributed by atoms with van der Waals surface area (Å²) >= 11 is 1.62. The summed E-state index contributed by atoms with van der Waals surface area (Å²) in [5.41, 5.74) is 8.64. The molecule has 22 heavy (non-hydrogen) atoms. The van der Waals surface area contributed by atoms with Gasteiger partial charge in [0.05, 0.1) is 10.7 Å². The highest BCUT2D eigenvalue weighted by Crippen LogP contribution is 2.24. The molecule has 1 amide bonds. The van der Waals surface area contributed by atoms with Crippen LogP contribution in [0.1, 0.15) is 35.1 Å². The first-order chi connectivity index (χ1) is 10.5. The van der Waals surface area contributed by atoms with Crippen molar-refractivity contribution in [1.82, 2.24) is 9.88 Å². The summed E-state index contributed by atoms with van der Waals surface area (Å²) in [6.07, 6.45) is 1.75. The van der Waals surface area contributed by atoms with Gasteiger partial charge in [0.15, 0.2) is 0 Å². The zero-order valence-corrected chi connectivity index (χ0v) is 13.8. The third kappa shape index (κ3) is 3.05. The quantitative estimate of drug-likeness (QED) is 0.926. The van der Waals surface area contributed by atoms with Gasteiger partial charge in [0, 0.05) is 35.1 Å². The van der Waals surface area contributed by atoms with Crippen LogP contribution < -0.4 is 5.73 Å². The molecular formula is C17H21N3OS. The molecule has 0 unspecified atom stereocenters. The molecule has 1 aromatic heterocycles. The molecule has 0 radical (unpaired) electrons. The third-order valence-electron chi connectivity index (χ3n) is 4.20.